The second-order valence-corrected chi connectivity index (χ2v) is 6.50. The van der Waals surface area contributed by atoms with Crippen LogP contribution in [0, 0.1) is 5.82 Å². The van der Waals surface area contributed by atoms with Gasteiger partial charge in [0.05, 0.1) is 6.42 Å². The normalized spacial score (nSPS) is 12.9. The SMILES string of the molecule is CNCc1ccc(F)c(S(=O)(=O)N(C)CCC(F)(F)F)c1. The minimum atomic E-state index is -4.48. The highest BCUT2D eigenvalue weighted by molar-refractivity contribution is 7.89. The predicted molar refractivity (Wildman–Crippen MR) is 69.7 cm³/mol. The molecule has 0 spiro atoms. The van der Waals surface area contributed by atoms with E-state index in [-0.39, 0.29) is 0 Å². The molecule has 1 aromatic rings. The van der Waals surface area contributed by atoms with E-state index < -0.39 is 39.9 Å². The lowest BCUT2D eigenvalue weighted by molar-refractivity contribution is -0.135. The molecule has 0 heterocycles. The van der Waals surface area contributed by atoms with Gasteiger partial charge in [0.1, 0.15) is 10.7 Å². The van der Waals surface area contributed by atoms with Crippen molar-refractivity contribution in [2.75, 3.05) is 20.6 Å². The second kappa shape index (κ2) is 6.71. The smallest absolute Gasteiger partial charge is 0.316 e. The number of hydrogen-bond donors (Lipinski definition) is 1. The van der Waals surface area contributed by atoms with Crippen LogP contribution in [0.1, 0.15) is 12.0 Å². The molecule has 1 N–H and O–H groups in total. The first-order valence-electron chi connectivity index (χ1n) is 6.04. The molecule has 120 valence electrons. The van der Waals surface area contributed by atoms with Crippen LogP contribution in [0.5, 0.6) is 0 Å². The number of halogens is 4. The maximum atomic E-state index is 13.7. The molecule has 21 heavy (non-hydrogen) atoms. The molecule has 9 heteroatoms. The Hall–Kier alpha value is -1.19. The van der Waals surface area contributed by atoms with Gasteiger partial charge in [0, 0.05) is 20.1 Å². The highest BCUT2D eigenvalue weighted by Crippen LogP contribution is 2.23. The summed E-state index contributed by atoms with van der Waals surface area (Å²) in [6, 6.07) is 3.50. The van der Waals surface area contributed by atoms with Gasteiger partial charge in [-0.15, -0.1) is 0 Å². The average Bonchev–Trinajstić information content (AvgIpc) is 2.37. The Balaban J connectivity index is 3.03. The van der Waals surface area contributed by atoms with Crippen LogP contribution in [0.15, 0.2) is 23.1 Å². The lowest BCUT2D eigenvalue weighted by atomic mass is 10.2. The van der Waals surface area contributed by atoms with Crippen molar-refractivity contribution < 1.29 is 26.0 Å². The van der Waals surface area contributed by atoms with E-state index in [1.54, 1.807) is 7.05 Å². The summed E-state index contributed by atoms with van der Waals surface area (Å²) < 4.78 is 74.9. The Kier molecular flexibility index (Phi) is 5.71. The zero-order chi connectivity index (χ0) is 16.3. The van der Waals surface area contributed by atoms with Gasteiger partial charge < -0.3 is 5.32 Å². The Morgan fingerprint density at radius 2 is 1.90 bits per heavy atom. The molecular formula is C12H16F4N2O2S. The lowest BCUT2D eigenvalue weighted by Gasteiger charge is -2.19. The molecule has 0 unspecified atom stereocenters. The maximum Gasteiger partial charge on any atom is 0.390 e. The van der Waals surface area contributed by atoms with Crippen LogP contribution < -0.4 is 5.32 Å². The Morgan fingerprint density at radius 1 is 1.29 bits per heavy atom. The molecule has 0 saturated carbocycles. The fourth-order valence-electron chi connectivity index (χ4n) is 1.63. The van der Waals surface area contributed by atoms with Crippen LogP contribution in [0.4, 0.5) is 17.6 Å². The topological polar surface area (TPSA) is 49.4 Å². The predicted octanol–water partition coefficient (Wildman–Crippen LogP) is 2.12. The first kappa shape index (κ1) is 17.9. The molecule has 0 atom stereocenters. The van der Waals surface area contributed by atoms with E-state index in [1.165, 1.54) is 6.07 Å². The number of benzene rings is 1. The van der Waals surface area contributed by atoms with E-state index in [4.69, 9.17) is 0 Å². The molecule has 1 rings (SSSR count). The molecule has 0 bridgehead atoms. The quantitative estimate of drug-likeness (QED) is 0.814. The summed E-state index contributed by atoms with van der Waals surface area (Å²) in [5.74, 6) is -0.992. The van der Waals surface area contributed by atoms with Crippen molar-refractivity contribution >= 4 is 10.0 Å². The Morgan fingerprint density at radius 3 is 2.43 bits per heavy atom. The van der Waals surface area contributed by atoms with Crippen molar-refractivity contribution in [1.82, 2.24) is 9.62 Å². The first-order valence-corrected chi connectivity index (χ1v) is 7.48. The standard InChI is InChI=1S/C12H16F4N2O2S/c1-17-8-9-3-4-10(13)11(7-9)21(19,20)18(2)6-5-12(14,15)16/h3-4,7,17H,5-6,8H2,1-2H3. The highest BCUT2D eigenvalue weighted by Gasteiger charge is 2.31. The van der Waals surface area contributed by atoms with Crippen molar-refractivity contribution in [3.05, 3.63) is 29.6 Å². The number of nitrogens with one attached hydrogen (secondary N) is 1. The zero-order valence-electron chi connectivity index (χ0n) is 11.5. The number of hydrogen-bond acceptors (Lipinski definition) is 3. The second-order valence-electron chi connectivity index (χ2n) is 4.49. The first-order chi connectivity index (χ1) is 9.58. The van der Waals surface area contributed by atoms with Gasteiger partial charge in [-0.05, 0) is 24.7 Å². The van der Waals surface area contributed by atoms with Crippen molar-refractivity contribution in [3.8, 4) is 0 Å². The summed E-state index contributed by atoms with van der Waals surface area (Å²) in [5.41, 5.74) is 0.515. The minimum absolute atomic E-state index is 0.315. The Bertz CT molecular complexity index is 587. The lowest BCUT2D eigenvalue weighted by Crippen LogP contribution is -2.31. The molecule has 0 amide bonds. The number of sulfonamides is 1. The van der Waals surface area contributed by atoms with E-state index in [0.717, 1.165) is 19.2 Å². The van der Waals surface area contributed by atoms with Gasteiger partial charge in [-0.1, -0.05) is 6.07 Å². The molecule has 0 aromatic heterocycles. The summed E-state index contributed by atoms with van der Waals surface area (Å²) in [4.78, 5) is -0.625. The van der Waals surface area contributed by atoms with Crippen LogP contribution in [-0.4, -0.2) is 39.5 Å². The molecule has 0 fully saturated rings. The van der Waals surface area contributed by atoms with E-state index in [9.17, 15) is 26.0 Å². The molecule has 0 aliphatic carbocycles. The number of rotatable bonds is 6. The highest BCUT2D eigenvalue weighted by atomic mass is 32.2. The molecule has 0 saturated heterocycles. The van der Waals surface area contributed by atoms with Crippen LogP contribution in [0.25, 0.3) is 0 Å². The van der Waals surface area contributed by atoms with Gasteiger partial charge in [-0.2, -0.15) is 13.2 Å². The largest absolute Gasteiger partial charge is 0.390 e. The van der Waals surface area contributed by atoms with Gasteiger partial charge >= 0.3 is 6.18 Å². The van der Waals surface area contributed by atoms with Gasteiger partial charge in [-0.3, -0.25) is 0 Å². The van der Waals surface area contributed by atoms with Crippen LogP contribution >= 0.6 is 0 Å². The maximum absolute atomic E-state index is 13.7. The zero-order valence-corrected chi connectivity index (χ0v) is 12.4. The fourth-order valence-corrected chi connectivity index (χ4v) is 2.91. The number of alkyl halides is 3. The summed E-state index contributed by atoms with van der Waals surface area (Å²) in [6.07, 6.45) is -5.77. The number of nitrogens with zero attached hydrogens (tertiary/aromatic N) is 1. The summed E-state index contributed by atoms with van der Waals surface area (Å²) >= 11 is 0. The molecule has 0 aliphatic rings. The van der Waals surface area contributed by atoms with Crippen molar-refractivity contribution in [1.29, 1.82) is 0 Å². The van der Waals surface area contributed by atoms with E-state index in [2.05, 4.69) is 5.32 Å². The van der Waals surface area contributed by atoms with Gasteiger partial charge in [-0.25, -0.2) is 17.1 Å². The van der Waals surface area contributed by atoms with E-state index >= 15 is 0 Å². The summed E-state index contributed by atoms with van der Waals surface area (Å²) in [5, 5.41) is 2.78. The van der Waals surface area contributed by atoms with Crippen molar-refractivity contribution in [2.45, 2.75) is 24.0 Å². The van der Waals surface area contributed by atoms with E-state index in [0.29, 0.717) is 16.4 Å². The van der Waals surface area contributed by atoms with E-state index in [1.807, 2.05) is 0 Å². The minimum Gasteiger partial charge on any atom is -0.316 e. The van der Waals surface area contributed by atoms with Crippen LogP contribution in [0.3, 0.4) is 0 Å². The van der Waals surface area contributed by atoms with Crippen molar-refractivity contribution in [2.24, 2.45) is 0 Å². The van der Waals surface area contributed by atoms with Crippen LogP contribution in [0.2, 0.25) is 0 Å². The third-order valence-electron chi connectivity index (χ3n) is 2.77. The average molecular weight is 328 g/mol. The monoisotopic (exact) mass is 328 g/mol. The summed E-state index contributed by atoms with van der Waals surface area (Å²) in [7, 11) is -1.68. The van der Waals surface area contributed by atoms with Gasteiger partial charge in [0.15, 0.2) is 0 Å². The third kappa shape index (κ3) is 4.94. The van der Waals surface area contributed by atoms with Gasteiger partial charge in [0.2, 0.25) is 10.0 Å². The summed E-state index contributed by atoms with van der Waals surface area (Å²) in [6.45, 7) is -0.448. The molecule has 4 nitrogen and oxygen atoms in total. The van der Waals surface area contributed by atoms with Crippen LogP contribution in [-0.2, 0) is 16.6 Å². The molecule has 0 radical (unpaired) electrons. The Labute approximate surface area is 120 Å². The fraction of sp³-hybridized carbons (Fsp3) is 0.500. The molecule has 0 aliphatic heterocycles. The molecule has 1 aromatic carbocycles. The van der Waals surface area contributed by atoms with Crippen molar-refractivity contribution in [3.63, 3.8) is 0 Å². The third-order valence-corrected chi connectivity index (χ3v) is 4.65. The van der Waals surface area contributed by atoms with Gasteiger partial charge in [0.25, 0.3) is 0 Å². The molecular weight excluding hydrogens is 312 g/mol.